The summed E-state index contributed by atoms with van der Waals surface area (Å²) in [5, 5.41) is 20.5. The molecule has 0 radical (unpaired) electrons. The van der Waals surface area contributed by atoms with Gasteiger partial charge in [0.1, 0.15) is 0 Å². The van der Waals surface area contributed by atoms with Gasteiger partial charge in [-0.3, -0.25) is 0 Å². The average molecular weight is 305 g/mol. The first-order valence-electron chi connectivity index (χ1n) is 7.27. The molecule has 0 saturated heterocycles. The second kappa shape index (κ2) is 9.03. The van der Waals surface area contributed by atoms with Crippen molar-refractivity contribution in [2.75, 3.05) is 31.7 Å². The van der Waals surface area contributed by atoms with Crippen LogP contribution in [0.1, 0.15) is 25.0 Å². The van der Waals surface area contributed by atoms with Crippen molar-refractivity contribution in [1.82, 2.24) is 4.90 Å². The number of carbonyl (C=O) groups is 1. The molecule has 0 fully saturated rings. The van der Waals surface area contributed by atoms with Gasteiger partial charge in [-0.2, -0.15) is 5.26 Å². The van der Waals surface area contributed by atoms with Crippen molar-refractivity contribution in [3.63, 3.8) is 0 Å². The first-order valence-corrected chi connectivity index (χ1v) is 7.27. The van der Waals surface area contributed by atoms with Crippen LogP contribution in [0.5, 0.6) is 0 Å². The van der Waals surface area contributed by atoms with Crippen LogP contribution < -0.4 is 5.32 Å². The van der Waals surface area contributed by atoms with Gasteiger partial charge in [0.05, 0.1) is 31.5 Å². The van der Waals surface area contributed by atoms with Crippen LogP contribution in [0.3, 0.4) is 0 Å². The molecule has 0 heterocycles. The summed E-state index contributed by atoms with van der Waals surface area (Å²) in [5.74, 6) is 0. The molecule has 1 aromatic rings. The van der Waals surface area contributed by atoms with E-state index >= 15 is 0 Å². The van der Waals surface area contributed by atoms with Gasteiger partial charge < -0.3 is 20.1 Å². The maximum absolute atomic E-state index is 12.4. The van der Waals surface area contributed by atoms with Crippen molar-refractivity contribution >= 4 is 11.7 Å². The number of carbonyl (C=O) groups excluding carboxylic acids is 1. The fraction of sp³-hybridized carbons (Fsp3) is 0.500. The standard InChI is InChI=1S/C16H23N3O3/c1-12(2)19(7-9-22-10-8-20)16(21)18-15-6-4-5-14(11-17)13(15)3/h4-6,12,20H,7-10H2,1-3H3,(H,18,21). The van der Waals surface area contributed by atoms with Crippen LogP contribution in [0.25, 0.3) is 0 Å². The van der Waals surface area contributed by atoms with E-state index in [4.69, 9.17) is 15.1 Å². The predicted octanol–water partition coefficient (Wildman–Crippen LogP) is 2.12. The summed E-state index contributed by atoms with van der Waals surface area (Å²) in [5.41, 5.74) is 1.92. The number of aliphatic hydroxyl groups excluding tert-OH is 1. The minimum Gasteiger partial charge on any atom is -0.394 e. The maximum atomic E-state index is 12.4. The Morgan fingerprint density at radius 1 is 1.45 bits per heavy atom. The molecule has 2 amide bonds. The normalized spacial score (nSPS) is 10.4. The number of urea groups is 1. The number of hydrogen-bond donors (Lipinski definition) is 2. The summed E-state index contributed by atoms with van der Waals surface area (Å²) >= 11 is 0. The number of amides is 2. The van der Waals surface area contributed by atoms with Crippen molar-refractivity contribution in [3.05, 3.63) is 29.3 Å². The number of hydrogen-bond acceptors (Lipinski definition) is 4. The van der Waals surface area contributed by atoms with Crippen molar-refractivity contribution < 1.29 is 14.6 Å². The zero-order valence-corrected chi connectivity index (χ0v) is 13.3. The molecule has 1 aromatic carbocycles. The molecular formula is C16H23N3O3. The van der Waals surface area contributed by atoms with Gasteiger partial charge in [-0.1, -0.05) is 6.07 Å². The fourth-order valence-corrected chi connectivity index (χ4v) is 2.00. The number of nitrogens with zero attached hydrogens (tertiary/aromatic N) is 2. The van der Waals surface area contributed by atoms with Crippen molar-refractivity contribution in [3.8, 4) is 6.07 Å². The molecular weight excluding hydrogens is 282 g/mol. The van der Waals surface area contributed by atoms with Crippen LogP contribution >= 0.6 is 0 Å². The SMILES string of the molecule is Cc1c(C#N)cccc1NC(=O)N(CCOCCO)C(C)C. The Kier molecular flexibility index (Phi) is 7.37. The summed E-state index contributed by atoms with van der Waals surface area (Å²) in [6, 6.07) is 7.11. The third-order valence-electron chi connectivity index (χ3n) is 3.29. The van der Waals surface area contributed by atoms with E-state index < -0.39 is 0 Å². The smallest absolute Gasteiger partial charge is 0.322 e. The molecule has 22 heavy (non-hydrogen) atoms. The zero-order chi connectivity index (χ0) is 16.5. The highest BCUT2D eigenvalue weighted by molar-refractivity contribution is 5.90. The van der Waals surface area contributed by atoms with Gasteiger partial charge in [0.15, 0.2) is 0 Å². The molecule has 2 N–H and O–H groups in total. The molecule has 0 aliphatic rings. The molecule has 0 bridgehead atoms. The van der Waals surface area contributed by atoms with Crippen LogP contribution in [0.4, 0.5) is 10.5 Å². The average Bonchev–Trinajstić information content (AvgIpc) is 2.48. The predicted molar refractivity (Wildman–Crippen MR) is 84.7 cm³/mol. The molecule has 120 valence electrons. The zero-order valence-electron chi connectivity index (χ0n) is 13.3. The molecule has 0 atom stereocenters. The van der Waals surface area contributed by atoms with Crippen molar-refractivity contribution in [2.45, 2.75) is 26.8 Å². The highest BCUT2D eigenvalue weighted by Crippen LogP contribution is 2.19. The van der Waals surface area contributed by atoms with E-state index in [0.29, 0.717) is 24.4 Å². The van der Waals surface area contributed by atoms with Gasteiger partial charge in [-0.15, -0.1) is 0 Å². The lowest BCUT2D eigenvalue weighted by molar-refractivity contribution is 0.0757. The van der Waals surface area contributed by atoms with Gasteiger partial charge in [0, 0.05) is 18.3 Å². The van der Waals surface area contributed by atoms with E-state index in [-0.39, 0.29) is 25.3 Å². The van der Waals surface area contributed by atoms with Gasteiger partial charge in [0.25, 0.3) is 0 Å². The topological polar surface area (TPSA) is 85.6 Å². The van der Waals surface area contributed by atoms with Gasteiger partial charge in [0.2, 0.25) is 0 Å². The highest BCUT2D eigenvalue weighted by Gasteiger charge is 2.17. The Morgan fingerprint density at radius 2 is 2.18 bits per heavy atom. The van der Waals surface area contributed by atoms with Crippen LogP contribution in [0.2, 0.25) is 0 Å². The molecule has 0 unspecified atom stereocenters. The Hall–Kier alpha value is -2.10. The van der Waals surface area contributed by atoms with Crippen molar-refractivity contribution in [2.24, 2.45) is 0 Å². The Labute approximate surface area is 131 Å². The number of ether oxygens (including phenoxy) is 1. The molecule has 0 aliphatic heterocycles. The van der Waals surface area contributed by atoms with Crippen LogP contribution in [0.15, 0.2) is 18.2 Å². The second-order valence-electron chi connectivity index (χ2n) is 5.14. The minimum absolute atomic E-state index is 0.0113. The van der Waals surface area contributed by atoms with E-state index in [0.717, 1.165) is 5.56 Å². The summed E-state index contributed by atoms with van der Waals surface area (Å²) in [4.78, 5) is 14.0. The lowest BCUT2D eigenvalue weighted by atomic mass is 10.1. The summed E-state index contributed by atoms with van der Waals surface area (Å²) in [6.07, 6.45) is 0. The summed E-state index contributed by atoms with van der Waals surface area (Å²) in [7, 11) is 0. The molecule has 0 aliphatic carbocycles. The number of nitrogens with one attached hydrogen (secondary N) is 1. The molecule has 1 rings (SSSR count). The maximum Gasteiger partial charge on any atom is 0.322 e. The van der Waals surface area contributed by atoms with Crippen molar-refractivity contribution in [1.29, 1.82) is 5.26 Å². The van der Waals surface area contributed by atoms with E-state index in [1.54, 1.807) is 30.0 Å². The molecule has 6 nitrogen and oxygen atoms in total. The lowest BCUT2D eigenvalue weighted by Gasteiger charge is -2.27. The summed E-state index contributed by atoms with van der Waals surface area (Å²) in [6.45, 7) is 6.67. The third kappa shape index (κ3) is 5.02. The first kappa shape index (κ1) is 18.0. The molecule has 0 aromatic heterocycles. The fourth-order valence-electron chi connectivity index (χ4n) is 2.00. The largest absolute Gasteiger partial charge is 0.394 e. The molecule has 0 saturated carbocycles. The minimum atomic E-state index is -0.235. The number of benzene rings is 1. The number of aliphatic hydroxyl groups is 1. The Balaban J connectivity index is 2.73. The number of rotatable bonds is 7. The molecule has 6 heteroatoms. The van der Waals surface area contributed by atoms with Gasteiger partial charge >= 0.3 is 6.03 Å². The first-order chi connectivity index (χ1) is 10.5. The summed E-state index contributed by atoms with van der Waals surface area (Å²) < 4.78 is 5.21. The van der Waals surface area contributed by atoms with E-state index in [2.05, 4.69) is 11.4 Å². The van der Waals surface area contributed by atoms with Crippen LogP contribution in [-0.2, 0) is 4.74 Å². The second-order valence-corrected chi connectivity index (χ2v) is 5.14. The van der Waals surface area contributed by atoms with Crippen LogP contribution in [-0.4, -0.2) is 48.4 Å². The highest BCUT2D eigenvalue weighted by atomic mass is 16.5. The van der Waals surface area contributed by atoms with Gasteiger partial charge in [-0.25, -0.2) is 4.79 Å². The Morgan fingerprint density at radius 3 is 2.77 bits per heavy atom. The monoisotopic (exact) mass is 305 g/mol. The number of nitriles is 1. The van der Waals surface area contributed by atoms with Crippen LogP contribution in [0, 0.1) is 18.3 Å². The van der Waals surface area contributed by atoms with E-state index in [1.165, 1.54) is 0 Å². The number of anilines is 1. The van der Waals surface area contributed by atoms with E-state index in [1.807, 2.05) is 13.8 Å². The van der Waals surface area contributed by atoms with E-state index in [9.17, 15) is 4.79 Å². The quantitative estimate of drug-likeness (QED) is 0.756. The third-order valence-corrected chi connectivity index (χ3v) is 3.29. The lowest BCUT2D eigenvalue weighted by Crippen LogP contribution is -2.42. The Bertz CT molecular complexity index is 538. The van der Waals surface area contributed by atoms with Gasteiger partial charge in [-0.05, 0) is 38.5 Å². The molecule has 0 spiro atoms.